The Morgan fingerprint density at radius 3 is 2.29 bits per heavy atom. The van der Waals surface area contributed by atoms with Crippen molar-refractivity contribution in [2.45, 2.75) is 39.8 Å². The van der Waals surface area contributed by atoms with Crippen LogP contribution in [0, 0.1) is 0 Å². The van der Waals surface area contributed by atoms with Crippen molar-refractivity contribution >= 4 is 5.96 Å². The molecule has 1 aromatic carbocycles. The predicted octanol–water partition coefficient (Wildman–Crippen LogP) is 1.89. The zero-order valence-corrected chi connectivity index (χ0v) is 13.6. The Bertz CT molecular complexity index is 412. The molecule has 0 amide bonds. The molecule has 21 heavy (non-hydrogen) atoms. The number of nitrogens with zero attached hydrogens (tertiary/aromatic N) is 2. The third kappa shape index (κ3) is 5.73. The number of aliphatic imine (C=N–C) groups is 1. The number of guanidine groups is 1. The maximum atomic E-state index is 5.53. The molecule has 1 atom stereocenters. The van der Waals surface area contributed by atoms with Crippen LogP contribution in [0.25, 0.3) is 0 Å². The first kappa shape index (κ1) is 17.5. The van der Waals surface area contributed by atoms with Crippen LogP contribution in [0.15, 0.2) is 35.3 Å². The molecule has 4 N–H and O–H groups in total. The summed E-state index contributed by atoms with van der Waals surface area (Å²) in [5.74, 6) is 6.17. The molecule has 0 spiro atoms. The van der Waals surface area contributed by atoms with Gasteiger partial charge in [-0.25, -0.2) is 5.84 Å². The molecule has 0 fully saturated rings. The minimum absolute atomic E-state index is 0.263. The van der Waals surface area contributed by atoms with Gasteiger partial charge >= 0.3 is 0 Å². The van der Waals surface area contributed by atoms with Gasteiger partial charge in [-0.3, -0.25) is 15.3 Å². The van der Waals surface area contributed by atoms with E-state index < -0.39 is 0 Å². The van der Waals surface area contributed by atoms with E-state index >= 15 is 0 Å². The highest BCUT2D eigenvalue weighted by Gasteiger charge is 2.17. The van der Waals surface area contributed by atoms with Crippen molar-refractivity contribution in [3.63, 3.8) is 0 Å². The number of hydrazine groups is 1. The fourth-order valence-corrected chi connectivity index (χ4v) is 2.36. The highest BCUT2D eigenvalue weighted by atomic mass is 15.3. The smallest absolute Gasteiger partial charge is 0.205 e. The van der Waals surface area contributed by atoms with E-state index in [1.54, 1.807) is 0 Å². The fourth-order valence-electron chi connectivity index (χ4n) is 2.36. The van der Waals surface area contributed by atoms with Crippen LogP contribution in [0.3, 0.4) is 0 Å². The molecule has 118 valence electrons. The quantitative estimate of drug-likeness (QED) is 0.311. The number of rotatable bonds is 7. The van der Waals surface area contributed by atoms with Crippen molar-refractivity contribution in [1.29, 1.82) is 0 Å². The summed E-state index contributed by atoms with van der Waals surface area (Å²) in [4.78, 5) is 7.01. The van der Waals surface area contributed by atoms with Gasteiger partial charge in [0.15, 0.2) is 0 Å². The summed E-state index contributed by atoms with van der Waals surface area (Å²) in [6, 6.07) is 11.1. The highest BCUT2D eigenvalue weighted by Crippen LogP contribution is 2.20. The molecule has 0 saturated heterocycles. The van der Waals surface area contributed by atoms with Crippen LogP contribution in [-0.2, 0) is 0 Å². The minimum atomic E-state index is 0.263. The lowest BCUT2D eigenvalue weighted by Gasteiger charge is -2.29. The summed E-state index contributed by atoms with van der Waals surface area (Å²) in [6.45, 7) is 11.1. The summed E-state index contributed by atoms with van der Waals surface area (Å²) in [5.41, 5.74) is 3.92. The molecule has 0 aliphatic rings. The van der Waals surface area contributed by atoms with Crippen LogP contribution in [0.1, 0.15) is 39.3 Å². The third-order valence-electron chi connectivity index (χ3n) is 3.42. The molecule has 5 nitrogen and oxygen atoms in total. The van der Waals surface area contributed by atoms with Gasteiger partial charge in [-0.15, -0.1) is 0 Å². The number of hydrogen-bond acceptors (Lipinski definition) is 3. The Labute approximate surface area is 128 Å². The maximum absolute atomic E-state index is 5.53. The summed E-state index contributed by atoms with van der Waals surface area (Å²) < 4.78 is 0. The van der Waals surface area contributed by atoms with Crippen LogP contribution >= 0.6 is 0 Å². The van der Waals surface area contributed by atoms with Gasteiger partial charge in [0.2, 0.25) is 5.96 Å². The Hall–Kier alpha value is -1.59. The first-order chi connectivity index (χ1) is 10.1. The van der Waals surface area contributed by atoms with Crippen molar-refractivity contribution in [3.05, 3.63) is 35.9 Å². The minimum Gasteiger partial charge on any atom is -0.353 e. The molecule has 0 aromatic heterocycles. The van der Waals surface area contributed by atoms with E-state index in [0.29, 0.717) is 18.5 Å². The van der Waals surface area contributed by atoms with Gasteiger partial charge in [0, 0.05) is 6.04 Å². The molecule has 0 heterocycles. The number of hydrogen-bond donors (Lipinski definition) is 3. The second-order valence-corrected chi connectivity index (χ2v) is 5.28. The first-order valence-electron chi connectivity index (χ1n) is 7.68. The lowest BCUT2D eigenvalue weighted by molar-refractivity contribution is 0.224. The van der Waals surface area contributed by atoms with E-state index in [1.165, 1.54) is 5.56 Å². The van der Waals surface area contributed by atoms with Crippen LogP contribution in [0.4, 0.5) is 0 Å². The molecule has 1 unspecified atom stereocenters. The summed E-state index contributed by atoms with van der Waals surface area (Å²) in [5, 5.41) is 3.21. The summed E-state index contributed by atoms with van der Waals surface area (Å²) in [7, 11) is 0. The summed E-state index contributed by atoms with van der Waals surface area (Å²) >= 11 is 0. The van der Waals surface area contributed by atoms with Gasteiger partial charge in [0.05, 0.1) is 12.6 Å². The molecule has 5 heteroatoms. The molecular formula is C16H29N5. The molecular weight excluding hydrogens is 262 g/mol. The van der Waals surface area contributed by atoms with Crippen LogP contribution < -0.4 is 16.6 Å². The Kier molecular flexibility index (Phi) is 7.79. The van der Waals surface area contributed by atoms with Gasteiger partial charge < -0.3 is 5.32 Å². The average Bonchev–Trinajstić information content (AvgIpc) is 2.50. The second-order valence-electron chi connectivity index (χ2n) is 5.28. The largest absolute Gasteiger partial charge is 0.353 e. The Morgan fingerprint density at radius 2 is 1.81 bits per heavy atom. The third-order valence-corrected chi connectivity index (χ3v) is 3.42. The topological polar surface area (TPSA) is 65.7 Å². The van der Waals surface area contributed by atoms with Gasteiger partial charge in [-0.05, 0) is 32.5 Å². The van der Waals surface area contributed by atoms with Crippen LogP contribution in [-0.4, -0.2) is 36.5 Å². The van der Waals surface area contributed by atoms with E-state index in [2.05, 4.69) is 72.6 Å². The van der Waals surface area contributed by atoms with Gasteiger partial charge in [0.25, 0.3) is 0 Å². The molecule has 0 saturated carbocycles. The van der Waals surface area contributed by atoms with Gasteiger partial charge in [0.1, 0.15) is 0 Å². The molecule has 0 aliphatic heterocycles. The molecule has 1 aromatic rings. The highest BCUT2D eigenvalue weighted by molar-refractivity contribution is 5.79. The molecule has 0 radical (unpaired) electrons. The van der Waals surface area contributed by atoms with E-state index in [4.69, 9.17) is 5.84 Å². The summed E-state index contributed by atoms with van der Waals surface area (Å²) in [6.07, 6.45) is 0. The van der Waals surface area contributed by atoms with E-state index in [1.807, 2.05) is 6.07 Å². The lowest BCUT2D eigenvalue weighted by atomic mass is 10.1. The standard InChI is InChI=1S/C16H29N5/c1-5-21(6-2)15(14-10-8-7-9-11-14)12-18-16(20-17)19-13(3)4/h7-11,13,15H,5-6,12,17H2,1-4H3,(H2,18,19,20). The van der Waals surface area contributed by atoms with Gasteiger partial charge in [-0.1, -0.05) is 44.2 Å². The van der Waals surface area contributed by atoms with Crippen molar-refractivity contribution in [3.8, 4) is 0 Å². The number of nitrogens with two attached hydrogens (primary N) is 1. The fraction of sp³-hybridized carbons (Fsp3) is 0.562. The monoisotopic (exact) mass is 291 g/mol. The zero-order valence-electron chi connectivity index (χ0n) is 13.6. The normalized spacial score (nSPS) is 13.6. The van der Waals surface area contributed by atoms with Crippen LogP contribution in [0.2, 0.25) is 0 Å². The lowest BCUT2D eigenvalue weighted by Crippen LogP contribution is -2.45. The van der Waals surface area contributed by atoms with Gasteiger partial charge in [-0.2, -0.15) is 0 Å². The van der Waals surface area contributed by atoms with E-state index in [-0.39, 0.29) is 6.04 Å². The number of benzene rings is 1. The predicted molar refractivity (Wildman–Crippen MR) is 90.0 cm³/mol. The van der Waals surface area contributed by atoms with Crippen molar-refractivity contribution in [2.75, 3.05) is 19.6 Å². The molecule has 0 aliphatic carbocycles. The van der Waals surface area contributed by atoms with Crippen molar-refractivity contribution in [2.24, 2.45) is 10.8 Å². The van der Waals surface area contributed by atoms with Crippen molar-refractivity contribution < 1.29 is 0 Å². The zero-order chi connectivity index (χ0) is 15.7. The number of likely N-dealkylation sites (N-methyl/N-ethyl adjacent to an activating group) is 1. The molecule has 0 bridgehead atoms. The first-order valence-corrected chi connectivity index (χ1v) is 7.68. The Morgan fingerprint density at radius 1 is 1.19 bits per heavy atom. The SMILES string of the molecule is CCN(CC)C(CN=C(NN)NC(C)C)c1ccccc1. The maximum Gasteiger partial charge on any atom is 0.205 e. The Balaban J connectivity index is 2.90. The van der Waals surface area contributed by atoms with E-state index in [0.717, 1.165) is 13.1 Å². The van der Waals surface area contributed by atoms with Crippen LogP contribution in [0.5, 0.6) is 0 Å². The second kappa shape index (κ2) is 9.37. The average molecular weight is 291 g/mol. The number of nitrogens with one attached hydrogen (secondary N) is 2. The van der Waals surface area contributed by atoms with E-state index in [9.17, 15) is 0 Å². The molecule has 1 rings (SSSR count). The van der Waals surface area contributed by atoms with Crippen molar-refractivity contribution in [1.82, 2.24) is 15.6 Å².